The van der Waals surface area contributed by atoms with Gasteiger partial charge in [-0.05, 0) is 99.1 Å². The number of carbonyl (C=O) groups is 1. The second kappa shape index (κ2) is 9.21. The third-order valence-electron chi connectivity index (χ3n) is 6.81. The quantitative estimate of drug-likeness (QED) is 0.354. The zero-order chi connectivity index (χ0) is 25.7. The first-order valence-corrected chi connectivity index (χ1v) is 13.2. The van der Waals surface area contributed by atoms with Gasteiger partial charge in [0.2, 0.25) is 5.82 Å². The SMILES string of the molecule is CC(C)Oc1ccc(-c2nc(-c3cccc4c3CCC43CCN(C(=O)OC(C)(C)C)C3)no2)cc1Br. The highest BCUT2D eigenvalue weighted by Gasteiger charge is 2.47. The summed E-state index contributed by atoms with van der Waals surface area (Å²) in [5.41, 5.74) is 3.80. The van der Waals surface area contributed by atoms with E-state index in [9.17, 15) is 4.79 Å². The normalized spacial score (nSPS) is 19.2. The van der Waals surface area contributed by atoms with Crippen molar-refractivity contribution >= 4 is 22.0 Å². The minimum absolute atomic E-state index is 0.0497. The lowest BCUT2D eigenvalue weighted by molar-refractivity contribution is 0.0284. The molecular weight excluding hydrogens is 522 g/mol. The van der Waals surface area contributed by atoms with Crippen molar-refractivity contribution in [2.24, 2.45) is 0 Å². The number of nitrogens with zero attached hydrogens (tertiary/aromatic N) is 3. The van der Waals surface area contributed by atoms with Crippen LogP contribution in [0.4, 0.5) is 4.79 Å². The maximum atomic E-state index is 12.7. The van der Waals surface area contributed by atoms with E-state index < -0.39 is 5.60 Å². The van der Waals surface area contributed by atoms with Crippen LogP contribution in [-0.2, 0) is 16.6 Å². The van der Waals surface area contributed by atoms with Crippen molar-refractivity contribution in [2.75, 3.05) is 13.1 Å². The predicted molar refractivity (Wildman–Crippen MR) is 141 cm³/mol. The number of ether oxygens (including phenoxy) is 2. The van der Waals surface area contributed by atoms with E-state index in [2.05, 4.69) is 39.3 Å². The van der Waals surface area contributed by atoms with Crippen LogP contribution in [0.25, 0.3) is 22.8 Å². The summed E-state index contributed by atoms with van der Waals surface area (Å²) >= 11 is 3.58. The van der Waals surface area contributed by atoms with Crippen molar-refractivity contribution in [3.05, 3.63) is 52.0 Å². The van der Waals surface area contributed by atoms with Crippen LogP contribution in [-0.4, -0.2) is 45.9 Å². The fraction of sp³-hybridized carbons (Fsp3) is 0.464. The molecule has 1 amide bonds. The molecule has 1 unspecified atom stereocenters. The van der Waals surface area contributed by atoms with Gasteiger partial charge in [-0.25, -0.2) is 4.79 Å². The zero-order valence-electron chi connectivity index (χ0n) is 21.4. The van der Waals surface area contributed by atoms with E-state index in [-0.39, 0.29) is 17.6 Å². The second-order valence-corrected chi connectivity index (χ2v) is 11.9. The third-order valence-corrected chi connectivity index (χ3v) is 7.43. The Morgan fingerprint density at radius 1 is 1.19 bits per heavy atom. The smallest absolute Gasteiger partial charge is 0.410 e. The third kappa shape index (κ3) is 4.75. The highest BCUT2D eigenvalue weighted by atomic mass is 79.9. The Hall–Kier alpha value is -2.87. The summed E-state index contributed by atoms with van der Waals surface area (Å²) in [5.74, 6) is 1.82. The van der Waals surface area contributed by atoms with Crippen molar-refractivity contribution in [1.82, 2.24) is 15.0 Å². The molecule has 7 nitrogen and oxygen atoms in total. The van der Waals surface area contributed by atoms with Crippen LogP contribution in [0.15, 0.2) is 45.4 Å². The van der Waals surface area contributed by atoms with Gasteiger partial charge in [0, 0.05) is 29.6 Å². The molecule has 1 fully saturated rings. The molecule has 0 N–H and O–H groups in total. The van der Waals surface area contributed by atoms with Crippen molar-refractivity contribution in [3.63, 3.8) is 0 Å². The van der Waals surface area contributed by atoms with Gasteiger partial charge in [0.05, 0.1) is 10.6 Å². The number of likely N-dealkylation sites (tertiary alicyclic amines) is 1. The summed E-state index contributed by atoms with van der Waals surface area (Å²) in [6, 6.07) is 12.1. The van der Waals surface area contributed by atoms with E-state index in [4.69, 9.17) is 19.0 Å². The van der Waals surface area contributed by atoms with Crippen LogP contribution < -0.4 is 4.74 Å². The summed E-state index contributed by atoms with van der Waals surface area (Å²) in [5, 5.41) is 4.32. The molecule has 1 aliphatic heterocycles. The van der Waals surface area contributed by atoms with Crippen molar-refractivity contribution in [1.29, 1.82) is 0 Å². The average molecular weight is 554 g/mol. The molecule has 1 spiro atoms. The maximum absolute atomic E-state index is 12.7. The predicted octanol–water partition coefficient (Wildman–Crippen LogP) is 6.78. The molecule has 0 bridgehead atoms. The Balaban J connectivity index is 1.39. The zero-order valence-corrected chi connectivity index (χ0v) is 23.0. The molecule has 2 aromatic carbocycles. The maximum Gasteiger partial charge on any atom is 0.410 e. The molecule has 5 rings (SSSR count). The Morgan fingerprint density at radius 3 is 2.72 bits per heavy atom. The fourth-order valence-electron chi connectivity index (χ4n) is 5.27. The van der Waals surface area contributed by atoms with Gasteiger partial charge in [-0.3, -0.25) is 0 Å². The molecule has 2 heterocycles. The van der Waals surface area contributed by atoms with Crippen LogP contribution in [0.5, 0.6) is 5.75 Å². The number of rotatable bonds is 4. The van der Waals surface area contributed by atoms with Gasteiger partial charge in [-0.1, -0.05) is 23.4 Å². The molecular formula is C28H32BrN3O4. The number of benzene rings is 2. The van der Waals surface area contributed by atoms with E-state index in [1.165, 1.54) is 11.1 Å². The van der Waals surface area contributed by atoms with Crippen molar-refractivity contribution in [3.8, 4) is 28.6 Å². The lowest BCUT2D eigenvalue weighted by Crippen LogP contribution is -2.37. The monoisotopic (exact) mass is 553 g/mol. The molecule has 1 aliphatic carbocycles. The van der Waals surface area contributed by atoms with Crippen LogP contribution in [0, 0.1) is 0 Å². The number of hydrogen-bond acceptors (Lipinski definition) is 6. The van der Waals surface area contributed by atoms with E-state index in [1.54, 1.807) is 0 Å². The number of hydrogen-bond donors (Lipinski definition) is 0. The van der Waals surface area contributed by atoms with Crippen LogP contribution in [0.2, 0.25) is 0 Å². The van der Waals surface area contributed by atoms with E-state index >= 15 is 0 Å². The molecule has 1 aromatic heterocycles. The highest BCUT2D eigenvalue weighted by Crippen LogP contribution is 2.48. The van der Waals surface area contributed by atoms with Gasteiger partial charge in [-0.2, -0.15) is 4.98 Å². The minimum Gasteiger partial charge on any atom is -0.490 e. The molecule has 0 radical (unpaired) electrons. The van der Waals surface area contributed by atoms with Crippen molar-refractivity contribution < 1.29 is 18.8 Å². The van der Waals surface area contributed by atoms with Gasteiger partial charge in [-0.15, -0.1) is 0 Å². The van der Waals surface area contributed by atoms with Crippen molar-refractivity contribution in [2.45, 2.75) is 71.0 Å². The molecule has 0 saturated carbocycles. The van der Waals surface area contributed by atoms with E-state index in [0.717, 1.165) is 40.6 Å². The second-order valence-electron chi connectivity index (χ2n) is 11.0. The van der Waals surface area contributed by atoms with Crippen LogP contribution >= 0.6 is 15.9 Å². The standard InChI is InChI=1S/C28H32BrN3O4/c1-17(2)34-23-10-9-18(15-22(23)29)25-30-24(31-36-25)20-7-6-8-21-19(20)11-12-28(21)13-14-32(16-28)26(33)35-27(3,4)5/h6-10,15,17H,11-14,16H2,1-5H3. The molecule has 1 saturated heterocycles. The molecule has 2 aliphatic rings. The summed E-state index contributed by atoms with van der Waals surface area (Å²) in [7, 11) is 0. The number of fused-ring (bicyclic) bond motifs is 2. The van der Waals surface area contributed by atoms with E-state index in [0.29, 0.717) is 24.8 Å². The lowest BCUT2D eigenvalue weighted by Gasteiger charge is -2.27. The topological polar surface area (TPSA) is 77.7 Å². The van der Waals surface area contributed by atoms with Gasteiger partial charge in [0.25, 0.3) is 5.89 Å². The van der Waals surface area contributed by atoms with Crippen LogP contribution in [0.1, 0.15) is 58.6 Å². The number of amides is 1. The molecule has 1 atom stereocenters. The fourth-order valence-corrected chi connectivity index (χ4v) is 5.75. The van der Waals surface area contributed by atoms with Gasteiger partial charge in [0.1, 0.15) is 11.4 Å². The molecule has 190 valence electrons. The Bertz CT molecular complexity index is 1300. The molecule has 8 heteroatoms. The number of aromatic nitrogens is 2. The first kappa shape index (κ1) is 24.8. The summed E-state index contributed by atoms with van der Waals surface area (Å²) in [6.07, 6.45) is 2.70. The Morgan fingerprint density at radius 2 is 2.00 bits per heavy atom. The molecule has 3 aromatic rings. The first-order chi connectivity index (χ1) is 17.0. The lowest BCUT2D eigenvalue weighted by atomic mass is 9.81. The minimum atomic E-state index is -0.499. The van der Waals surface area contributed by atoms with E-state index in [1.807, 2.05) is 57.7 Å². The van der Waals surface area contributed by atoms with Gasteiger partial charge < -0.3 is 18.9 Å². The largest absolute Gasteiger partial charge is 0.490 e. The number of halogens is 1. The summed E-state index contributed by atoms with van der Waals surface area (Å²) in [6.45, 7) is 11.1. The van der Waals surface area contributed by atoms with Gasteiger partial charge >= 0.3 is 6.09 Å². The molecule has 36 heavy (non-hydrogen) atoms. The first-order valence-electron chi connectivity index (χ1n) is 12.5. The van der Waals surface area contributed by atoms with Gasteiger partial charge in [0.15, 0.2) is 0 Å². The highest BCUT2D eigenvalue weighted by molar-refractivity contribution is 9.10. The average Bonchev–Trinajstić information content (AvgIpc) is 3.54. The summed E-state index contributed by atoms with van der Waals surface area (Å²) in [4.78, 5) is 19.3. The Kier molecular flexibility index (Phi) is 6.35. The Labute approximate surface area is 220 Å². The number of carbonyl (C=O) groups excluding carboxylic acids is 1. The van der Waals surface area contributed by atoms with Crippen LogP contribution in [0.3, 0.4) is 0 Å². The summed E-state index contributed by atoms with van der Waals surface area (Å²) < 4.78 is 17.9.